The molecule has 0 spiro atoms. The van der Waals surface area contributed by atoms with Gasteiger partial charge in [-0.05, 0) is 25.0 Å². The topological polar surface area (TPSA) is 26.5 Å². The molecule has 0 unspecified atom stereocenters. The Labute approximate surface area is 99.0 Å². The van der Waals surface area contributed by atoms with Crippen molar-refractivity contribution in [2.75, 3.05) is 13.2 Å². The summed E-state index contributed by atoms with van der Waals surface area (Å²) in [5.74, 6) is 1.61. The minimum absolute atomic E-state index is 0.495. The molecule has 0 radical (unpaired) electrons. The number of halogens is 1. The Morgan fingerprint density at radius 2 is 2.19 bits per heavy atom. The van der Waals surface area contributed by atoms with Gasteiger partial charge < -0.3 is 9.14 Å². The van der Waals surface area contributed by atoms with Gasteiger partial charge in [0.25, 0.3) is 0 Å². The van der Waals surface area contributed by atoms with Crippen molar-refractivity contribution in [1.29, 1.82) is 0 Å². The highest BCUT2D eigenvalue weighted by molar-refractivity contribution is 6.33. The van der Waals surface area contributed by atoms with E-state index in [1.807, 2.05) is 24.5 Å². The molecule has 1 aliphatic rings. The molecule has 4 heteroatoms. The zero-order chi connectivity index (χ0) is 11.0. The summed E-state index contributed by atoms with van der Waals surface area (Å²) >= 11 is 6.12. The lowest BCUT2D eigenvalue weighted by atomic mass is 10.00. The second-order valence-corrected chi connectivity index (χ2v) is 4.52. The Morgan fingerprint density at radius 3 is 3.00 bits per heavy atom. The van der Waals surface area contributed by atoms with Crippen LogP contribution in [0.1, 0.15) is 24.6 Å². The van der Waals surface area contributed by atoms with Crippen LogP contribution >= 0.6 is 11.6 Å². The molecule has 1 aliphatic heterocycles. The first-order valence-corrected chi connectivity index (χ1v) is 5.93. The summed E-state index contributed by atoms with van der Waals surface area (Å²) < 4.78 is 7.47. The van der Waals surface area contributed by atoms with Gasteiger partial charge in [0, 0.05) is 25.3 Å². The number of hydrogen-bond acceptors (Lipinski definition) is 2. The van der Waals surface area contributed by atoms with Gasteiger partial charge in [-0.2, -0.15) is 0 Å². The number of ether oxygens (including phenoxy) is 1. The first kappa shape index (κ1) is 10.1. The van der Waals surface area contributed by atoms with Crippen molar-refractivity contribution in [3.8, 4) is 0 Å². The van der Waals surface area contributed by atoms with Crippen molar-refractivity contribution in [2.45, 2.75) is 18.8 Å². The van der Waals surface area contributed by atoms with E-state index in [4.69, 9.17) is 16.3 Å². The molecule has 2 aromatic rings. The monoisotopic (exact) mass is 236 g/mol. The van der Waals surface area contributed by atoms with Crippen LogP contribution in [0.5, 0.6) is 0 Å². The third kappa shape index (κ3) is 1.60. The number of pyridine rings is 1. The number of imidazole rings is 1. The van der Waals surface area contributed by atoms with Crippen LogP contribution in [0.15, 0.2) is 24.5 Å². The van der Waals surface area contributed by atoms with Crippen molar-refractivity contribution in [3.63, 3.8) is 0 Å². The van der Waals surface area contributed by atoms with Crippen molar-refractivity contribution in [2.24, 2.45) is 0 Å². The highest BCUT2D eigenvalue weighted by atomic mass is 35.5. The van der Waals surface area contributed by atoms with Crippen LogP contribution in [-0.4, -0.2) is 22.6 Å². The largest absolute Gasteiger partial charge is 0.381 e. The van der Waals surface area contributed by atoms with E-state index in [1.165, 1.54) is 0 Å². The number of aromatic nitrogens is 2. The van der Waals surface area contributed by atoms with E-state index in [0.717, 1.165) is 42.4 Å². The summed E-state index contributed by atoms with van der Waals surface area (Å²) in [6.07, 6.45) is 5.98. The van der Waals surface area contributed by atoms with Gasteiger partial charge in [-0.1, -0.05) is 11.6 Å². The van der Waals surface area contributed by atoms with Crippen LogP contribution in [0.4, 0.5) is 0 Å². The standard InChI is InChI=1S/C12H13ClN2O/c13-10-2-1-5-15-11(10)8-14-12(15)9-3-6-16-7-4-9/h1-2,5,8-9H,3-4,6-7H2. The molecule has 3 heterocycles. The van der Waals surface area contributed by atoms with E-state index in [1.54, 1.807) is 0 Å². The Balaban J connectivity index is 2.06. The Kier molecular flexibility index (Phi) is 2.58. The van der Waals surface area contributed by atoms with E-state index >= 15 is 0 Å². The quantitative estimate of drug-likeness (QED) is 0.761. The molecule has 16 heavy (non-hydrogen) atoms. The highest BCUT2D eigenvalue weighted by Crippen LogP contribution is 2.28. The minimum atomic E-state index is 0.495. The molecule has 0 aromatic carbocycles. The van der Waals surface area contributed by atoms with Crippen molar-refractivity contribution in [3.05, 3.63) is 35.4 Å². The highest BCUT2D eigenvalue weighted by Gasteiger charge is 2.20. The van der Waals surface area contributed by atoms with Crippen molar-refractivity contribution in [1.82, 2.24) is 9.38 Å². The molecule has 0 N–H and O–H groups in total. The number of hydrogen-bond donors (Lipinski definition) is 0. The van der Waals surface area contributed by atoms with Gasteiger partial charge >= 0.3 is 0 Å². The van der Waals surface area contributed by atoms with Gasteiger partial charge in [0.2, 0.25) is 0 Å². The summed E-state index contributed by atoms with van der Waals surface area (Å²) in [5.41, 5.74) is 0.991. The van der Waals surface area contributed by atoms with Crippen LogP contribution in [0.25, 0.3) is 5.52 Å². The fraction of sp³-hybridized carbons (Fsp3) is 0.417. The van der Waals surface area contributed by atoms with Crippen LogP contribution in [0.3, 0.4) is 0 Å². The normalized spacial score (nSPS) is 18.1. The third-order valence-electron chi connectivity index (χ3n) is 3.13. The molecule has 0 saturated carbocycles. The fourth-order valence-electron chi connectivity index (χ4n) is 2.27. The zero-order valence-corrected chi connectivity index (χ0v) is 9.65. The van der Waals surface area contributed by atoms with E-state index < -0.39 is 0 Å². The summed E-state index contributed by atoms with van der Waals surface area (Å²) in [4.78, 5) is 4.50. The molecule has 1 saturated heterocycles. The van der Waals surface area contributed by atoms with Gasteiger partial charge in [-0.3, -0.25) is 0 Å². The maximum Gasteiger partial charge on any atom is 0.116 e. The average Bonchev–Trinajstić information content (AvgIpc) is 2.75. The van der Waals surface area contributed by atoms with Gasteiger partial charge in [-0.25, -0.2) is 4.98 Å². The zero-order valence-electron chi connectivity index (χ0n) is 8.90. The Bertz CT molecular complexity index is 503. The van der Waals surface area contributed by atoms with Gasteiger partial charge in [-0.15, -0.1) is 0 Å². The third-order valence-corrected chi connectivity index (χ3v) is 3.45. The fourth-order valence-corrected chi connectivity index (χ4v) is 2.48. The van der Waals surface area contributed by atoms with E-state index in [2.05, 4.69) is 9.38 Å². The first-order chi connectivity index (χ1) is 7.86. The molecular formula is C12H13ClN2O. The molecule has 3 rings (SSSR count). The summed E-state index contributed by atoms with van der Waals surface area (Å²) in [7, 11) is 0. The predicted octanol–water partition coefficient (Wildman–Crippen LogP) is 2.88. The number of nitrogens with zero attached hydrogens (tertiary/aromatic N) is 2. The molecular weight excluding hydrogens is 224 g/mol. The molecule has 0 amide bonds. The van der Waals surface area contributed by atoms with E-state index in [0.29, 0.717) is 5.92 Å². The first-order valence-electron chi connectivity index (χ1n) is 5.55. The average molecular weight is 237 g/mol. The molecule has 0 aliphatic carbocycles. The SMILES string of the molecule is Clc1cccn2c(C3CCOCC3)ncc12. The smallest absolute Gasteiger partial charge is 0.116 e. The predicted molar refractivity (Wildman–Crippen MR) is 63.0 cm³/mol. The lowest BCUT2D eigenvalue weighted by Crippen LogP contribution is -2.16. The minimum Gasteiger partial charge on any atom is -0.381 e. The van der Waals surface area contributed by atoms with Crippen molar-refractivity contribution < 1.29 is 4.74 Å². The molecule has 84 valence electrons. The Morgan fingerprint density at radius 1 is 1.38 bits per heavy atom. The Hall–Kier alpha value is -1.06. The van der Waals surface area contributed by atoms with Gasteiger partial charge in [0.15, 0.2) is 0 Å². The second kappa shape index (κ2) is 4.07. The number of fused-ring (bicyclic) bond motifs is 1. The van der Waals surface area contributed by atoms with Crippen LogP contribution in [-0.2, 0) is 4.74 Å². The summed E-state index contributed by atoms with van der Waals surface area (Å²) in [6.45, 7) is 1.67. The van der Waals surface area contributed by atoms with Gasteiger partial charge in [0.1, 0.15) is 5.82 Å². The number of rotatable bonds is 1. The van der Waals surface area contributed by atoms with E-state index in [-0.39, 0.29) is 0 Å². The van der Waals surface area contributed by atoms with Crippen molar-refractivity contribution >= 4 is 17.1 Å². The van der Waals surface area contributed by atoms with Crippen LogP contribution in [0.2, 0.25) is 5.02 Å². The molecule has 3 nitrogen and oxygen atoms in total. The van der Waals surface area contributed by atoms with Crippen LogP contribution in [0, 0.1) is 0 Å². The van der Waals surface area contributed by atoms with Crippen LogP contribution < -0.4 is 0 Å². The van der Waals surface area contributed by atoms with Gasteiger partial charge in [0.05, 0.1) is 16.7 Å². The molecule has 2 aromatic heterocycles. The maximum absolute atomic E-state index is 6.12. The lowest BCUT2D eigenvalue weighted by Gasteiger charge is -2.20. The lowest BCUT2D eigenvalue weighted by molar-refractivity contribution is 0.0835. The second-order valence-electron chi connectivity index (χ2n) is 4.11. The molecule has 1 fully saturated rings. The molecule has 0 bridgehead atoms. The molecule has 0 atom stereocenters. The maximum atomic E-state index is 6.12. The van der Waals surface area contributed by atoms with E-state index in [9.17, 15) is 0 Å². The summed E-state index contributed by atoms with van der Waals surface area (Å²) in [5, 5.41) is 0.758. The summed E-state index contributed by atoms with van der Waals surface area (Å²) in [6, 6.07) is 3.85.